The second-order valence-corrected chi connectivity index (χ2v) is 6.37. The van der Waals surface area contributed by atoms with Crippen LogP contribution in [0, 0.1) is 11.8 Å². The van der Waals surface area contributed by atoms with E-state index in [1.165, 1.54) is 0 Å². The highest BCUT2D eigenvalue weighted by atomic mass is 16.4. The van der Waals surface area contributed by atoms with Gasteiger partial charge in [0, 0.05) is 12.3 Å². The molecule has 4 heteroatoms. The van der Waals surface area contributed by atoms with Gasteiger partial charge in [-0.1, -0.05) is 61.6 Å². The van der Waals surface area contributed by atoms with Crippen LogP contribution in [0.3, 0.4) is 0 Å². The number of allylic oxidation sites excluding steroid dienone is 8. The Labute approximate surface area is 156 Å². The second kappa shape index (κ2) is 13.1. The molecule has 0 aromatic carbocycles. The Bertz CT molecular complexity index is 581. The molecule has 0 aromatic heterocycles. The number of carbonyl (C=O) groups excluding carboxylic acids is 1. The van der Waals surface area contributed by atoms with Crippen LogP contribution >= 0.6 is 0 Å². The fourth-order valence-corrected chi connectivity index (χ4v) is 2.70. The van der Waals surface area contributed by atoms with E-state index >= 15 is 0 Å². The number of aliphatic hydroxyl groups excluding tert-OH is 1. The molecule has 0 unspecified atom stereocenters. The fraction of sp³-hybridized carbons (Fsp3) is 0.455. The molecule has 0 aliphatic heterocycles. The van der Waals surface area contributed by atoms with Crippen molar-refractivity contribution in [2.24, 2.45) is 11.8 Å². The Morgan fingerprint density at radius 2 is 1.96 bits per heavy atom. The number of hydrogen-bond donors (Lipinski definition) is 2. The third kappa shape index (κ3) is 9.33. The molecule has 1 rings (SSSR count). The van der Waals surface area contributed by atoms with Gasteiger partial charge in [-0.3, -0.25) is 9.59 Å². The van der Waals surface area contributed by atoms with Gasteiger partial charge in [0.1, 0.15) is 0 Å². The van der Waals surface area contributed by atoms with E-state index in [4.69, 9.17) is 5.11 Å². The van der Waals surface area contributed by atoms with Crippen LogP contribution in [-0.2, 0) is 9.59 Å². The summed E-state index contributed by atoms with van der Waals surface area (Å²) in [6.45, 7) is 2.10. The van der Waals surface area contributed by atoms with E-state index < -0.39 is 12.1 Å². The molecule has 142 valence electrons. The molecule has 0 saturated carbocycles. The summed E-state index contributed by atoms with van der Waals surface area (Å²) in [5, 5.41) is 18.5. The maximum Gasteiger partial charge on any atom is 0.303 e. The van der Waals surface area contributed by atoms with Gasteiger partial charge in [-0.05, 0) is 44.1 Å². The lowest BCUT2D eigenvalue weighted by Crippen LogP contribution is -2.14. The predicted molar refractivity (Wildman–Crippen MR) is 105 cm³/mol. The van der Waals surface area contributed by atoms with Crippen molar-refractivity contribution in [3.63, 3.8) is 0 Å². The fourth-order valence-electron chi connectivity index (χ4n) is 2.70. The van der Waals surface area contributed by atoms with Crippen LogP contribution in [0.5, 0.6) is 0 Å². The van der Waals surface area contributed by atoms with Gasteiger partial charge in [0.05, 0.1) is 6.10 Å². The Hall–Kier alpha value is -2.20. The molecular weight excluding hydrogens is 328 g/mol. The number of aliphatic carboxylic acids is 1. The first-order valence-electron chi connectivity index (χ1n) is 9.29. The number of hydrogen-bond acceptors (Lipinski definition) is 3. The smallest absolute Gasteiger partial charge is 0.303 e. The number of rotatable bonds is 12. The summed E-state index contributed by atoms with van der Waals surface area (Å²) >= 11 is 0. The second-order valence-electron chi connectivity index (χ2n) is 6.37. The van der Waals surface area contributed by atoms with Gasteiger partial charge in [-0.2, -0.15) is 0 Å². The summed E-state index contributed by atoms with van der Waals surface area (Å²) in [5.74, 6) is -0.821. The molecule has 4 nitrogen and oxygen atoms in total. The molecule has 0 saturated heterocycles. The summed E-state index contributed by atoms with van der Waals surface area (Å²) < 4.78 is 0. The lowest BCUT2D eigenvalue weighted by atomic mass is 9.91. The standard InChI is InChI=1S/C22H30O4/c1-2-3-4-5-6-8-11-18-14-17-21(24)20(18)16-15-19(23)12-9-7-10-13-22(25)26/h3-4,6-9,14-20,23H,2,5,10-13H2,1H3,(H,25,26)/b4-3-,8-6-,9-7-,16-15+/t18-,19-,20+/m1/s1. The molecule has 0 spiro atoms. The highest BCUT2D eigenvalue weighted by Crippen LogP contribution is 2.27. The molecule has 0 heterocycles. The first kappa shape index (κ1) is 21.8. The van der Waals surface area contributed by atoms with Gasteiger partial charge in [0.15, 0.2) is 5.78 Å². The number of carboxylic acids is 1. The van der Waals surface area contributed by atoms with Crippen molar-refractivity contribution >= 4 is 11.8 Å². The SMILES string of the molecule is CC/C=C\C/C=C\C[C@@H]1C=CC(=O)[C@H]1/C=C/[C@H](O)C/C=C\CCC(=O)O. The van der Waals surface area contributed by atoms with Crippen molar-refractivity contribution < 1.29 is 19.8 Å². The Balaban J connectivity index is 2.41. The zero-order valence-electron chi connectivity index (χ0n) is 15.5. The number of aliphatic hydroxyl groups is 1. The van der Waals surface area contributed by atoms with Crippen LogP contribution in [0.25, 0.3) is 0 Å². The molecule has 2 N–H and O–H groups in total. The number of carboxylic acid groups (broad SMARTS) is 1. The van der Waals surface area contributed by atoms with E-state index in [-0.39, 0.29) is 24.0 Å². The lowest BCUT2D eigenvalue weighted by molar-refractivity contribution is -0.136. The van der Waals surface area contributed by atoms with Crippen LogP contribution in [-0.4, -0.2) is 28.1 Å². The summed E-state index contributed by atoms with van der Waals surface area (Å²) in [6.07, 6.45) is 22.1. The van der Waals surface area contributed by atoms with Crippen molar-refractivity contribution in [1.29, 1.82) is 0 Å². The van der Waals surface area contributed by atoms with Gasteiger partial charge in [0.25, 0.3) is 0 Å². The van der Waals surface area contributed by atoms with Crippen molar-refractivity contribution in [2.75, 3.05) is 0 Å². The quantitative estimate of drug-likeness (QED) is 0.507. The van der Waals surface area contributed by atoms with Crippen molar-refractivity contribution in [1.82, 2.24) is 0 Å². The van der Waals surface area contributed by atoms with Gasteiger partial charge in [-0.25, -0.2) is 0 Å². The normalized spacial score (nSPS) is 21.8. The molecule has 1 aliphatic carbocycles. The summed E-state index contributed by atoms with van der Waals surface area (Å²) in [7, 11) is 0. The van der Waals surface area contributed by atoms with Crippen LogP contribution in [0.15, 0.2) is 60.8 Å². The van der Waals surface area contributed by atoms with Gasteiger partial charge in [-0.15, -0.1) is 0 Å². The van der Waals surface area contributed by atoms with Crippen molar-refractivity contribution in [3.05, 3.63) is 60.8 Å². The average molecular weight is 358 g/mol. The summed E-state index contributed by atoms with van der Waals surface area (Å²) in [4.78, 5) is 22.4. The van der Waals surface area contributed by atoms with E-state index in [1.807, 2.05) is 6.08 Å². The topological polar surface area (TPSA) is 74.6 Å². The summed E-state index contributed by atoms with van der Waals surface area (Å²) in [6, 6.07) is 0. The Morgan fingerprint density at radius 1 is 1.19 bits per heavy atom. The monoisotopic (exact) mass is 358 g/mol. The van der Waals surface area contributed by atoms with E-state index in [1.54, 1.807) is 30.4 Å². The largest absolute Gasteiger partial charge is 0.481 e. The third-order valence-corrected chi connectivity index (χ3v) is 4.16. The molecule has 0 aromatic rings. The molecule has 0 bridgehead atoms. The zero-order chi connectivity index (χ0) is 19.2. The summed E-state index contributed by atoms with van der Waals surface area (Å²) in [5.41, 5.74) is 0. The average Bonchev–Trinajstić information content (AvgIpc) is 2.95. The molecule has 0 radical (unpaired) electrons. The maximum absolute atomic E-state index is 12.0. The van der Waals surface area contributed by atoms with Crippen LogP contribution in [0.1, 0.15) is 45.4 Å². The highest BCUT2D eigenvalue weighted by molar-refractivity contribution is 5.95. The van der Waals surface area contributed by atoms with Crippen LogP contribution in [0.2, 0.25) is 0 Å². The predicted octanol–water partition coefficient (Wildman–Crippen LogP) is 4.39. The maximum atomic E-state index is 12.0. The van der Waals surface area contributed by atoms with Crippen molar-refractivity contribution in [3.8, 4) is 0 Å². The first-order valence-corrected chi connectivity index (χ1v) is 9.29. The minimum absolute atomic E-state index is 0.0785. The van der Waals surface area contributed by atoms with Gasteiger partial charge < -0.3 is 10.2 Å². The van der Waals surface area contributed by atoms with Crippen molar-refractivity contribution in [2.45, 2.75) is 51.6 Å². The minimum Gasteiger partial charge on any atom is -0.481 e. The minimum atomic E-state index is -0.830. The number of carbonyl (C=O) groups is 2. The van der Waals surface area contributed by atoms with E-state index in [2.05, 4.69) is 31.2 Å². The first-order chi connectivity index (χ1) is 12.5. The zero-order valence-corrected chi connectivity index (χ0v) is 15.5. The number of ketones is 1. The van der Waals surface area contributed by atoms with Gasteiger partial charge >= 0.3 is 5.97 Å². The molecule has 3 atom stereocenters. The Kier molecular flexibility index (Phi) is 11.0. The lowest BCUT2D eigenvalue weighted by Gasteiger charge is -2.13. The van der Waals surface area contributed by atoms with E-state index in [0.717, 1.165) is 19.3 Å². The van der Waals surface area contributed by atoms with Gasteiger partial charge in [0.2, 0.25) is 0 Å². The third-order valence-electron chi connectivity index (χ3n) is 4.16. The Morgan fingerprint density at radius 3 is 2.69 bits per heavy atom. The van der Waals surface area contributed by atoms with Crippen LogP contribution < -0.4 is 0 Å². The molecular formula is C22H30O4. The van der Waals surface area contributed by atoms with Crippen LogP contribution in [0.4, 0.5) is 0 Å². The molecule has 0 fully saturated rings. The molecule has 1 aliphatic rings. The molecule has 0 amide bonds. The van der Waals surface area contributed by atoms with E-state index in [0.29, 0.717) is 12.8 Å². The molecule has 26 heavy (non-hydrogen) atoms. The highest BCUT2D eigenvalue weighted by Gasteiger charge is 2.26. The van der Waals surface area contributed by atoms with E-state index in [9.17, 15) is 14.7 Å².